The maximum absolute atomic E-state index is 7.28. The average molecular weight is 313 g/mol. The summed E-state index contributed by atoms with van der Waals surface area (Å²) in [5, 5.41) is 7.96. The van der Waals surface area contributed by atoms with Crippen LogP contribution in [0.1, 0.15) is 5.56 Å². The summed E-state index contributed by atoms with van der Waals surface area (Å²) in [4.78, 5) is 0. The fraction of sp³-hybridized carbons (Fsp3) is 0.182. The zero-order chi connectivity index (χ0) is 12.9. The minimum absolute atomic E-state index is 0.162. The average Bonchev–Trinajstić information content (AvgIpc) is 2.25. The van der Waals surface area contributed by atoms with Crippen LogP contribution in [-0.2, 0) is 4.74 Å². The Bertz CT molecular complexity index is 408. The molecule has 1 N–H and O–H groups in total. The van der Waals surface area contributed by atoms with Gasteiger partial charge in [0, 0.05) is 5.02 Å². The predicted octanol–water partition coefficient (Wildman–Crippen LogP) is 4.72. The van der Waals surface area contributed by atoms with Crippen molar-refractivity contribution in [3.63, 3.8) is 0 Å². The number of rotatable bonds is 3. The lowest BCUT2D eigenvalue weighted by atomic mass is 10.2. The molecule has 0 saturated carbocycles. The third-order valence-electron chi connectivity index (χ3n) is 1.76. The Labute approximate surface area is 120 Å². The molecule has 0 aliphatic carbocycles. The zero-order valence-corrected chi connectivity index (χ0v) is 11.6. The van der Waals surface area contributed by atoms with Gasteiger partial charge in [0.15, 0.2) is 0 Å². The molecule has 92 valence electrons. The van der Waals surface area contributed by atoms with E-state index in [1.165, 1.54) is 0 Å². The Hall–Kier alpha value is -0.410. The van der Waals surface area contributed by atoms with Gasteiger partial charge < -0.3 is 4.74 Å². The molecule has 0 aromatic heterocycles. The summed E-state index contributed by atoms with van der Waals surface area (Å²) in [6.45, 7) is 0.162. The molecule has 0 fully saturated rings. The van der Waals surface area contributed by atoms with Crippen molar-refractivity contribution in [1.82, 2.24) is 0 Å². The fourth-order valence-corrected chi connectivity index (χ4v) is 1.26. The molecule has 17 heavy (non-hydrogen) atoms. The molecule has 0 unspecified atom stereocenters. The summed E-state index contributed by atoms with van der Waals surface area (Å²) in [7, 11) is 0. The van der Waals surface area contributed by atoms with Gasteiger partial charge in [-0.3, -0.25) is 5.41 Å². The van der Waals surface area contributed by atoms with Crippen molar-refractivity contribution in [2.24, 2.45) is 0 Å². The van der Waals surface area contributed by atoms with Crippen molar-refractivity contribution in [1.29, 1.82) is 5.41 Å². The molecular weight excluding hydrogens is 304 g/mol. The largest absolute Gasteiger partial charge is 0.474 e. The van der Waals surface area contributed by atoms with Crippen LogP contribution in [0, 0.1) is 5.41 Å². The molecule has 1 aromatic rings. The van der Waals surface area contributed by atoms with E-state index in [9.17, 15) is 0 Å². The van der Waals surface area contributed by atoms with E-state index in [2.05, 4.69) is 0 Å². The monoisotopic (exact) mass is 311 g/mol. The molecule has 1 aromatic carbocycles. The highest BCUT2D eigenvalue weighted by Crippen LogP contribution is 2.27. The first kappa shape index (κ1) is 14.7. The van der Waals surface area contributed by atoms with Crippen molar-refractivity contribution in [2.75, 3.05) is 6.61 Å². The lowest BCUT2D eigenvalue weighted by molar-refractivity contribution is 0.341. The summed E-state index contributed by atoms with van der Waals surface area (Å²) in [6.07, 6.45) is 3.54. The first-order valence-corrected chi connectivity index (χ1v) is 6.11. The van der Waals surface area contributed by atoms with E-state index >= 15 is 0 Å². The van der Waals surface area contributed by atoms with Crippen LogP contribution in [-0.4, -0.2) is 16.3 Å². The van der Waals surface area contributed by atoms with E-state index < -0.39 is 9.69 Å². The lowest BCUT2D eigenvalue weighted by Gasteiger charge is -2.11. The summed E-state index contributed by atoms with van der Waals surface area (Å²) in [6, 6.07) is 7.29. The Morgan fingerprint density at radius 3 is 2.35 bits per heavy atom. The predicted molar refractivity (Wildman–Crippen MR) is 74.5 cm³/mol. The normalized spacial score (nSPS) is 11.8. The van der Waals surface area contributed by atoms with Gasteiger partial charge in [-0.05, 0) is 23.8 Å². The van der Waals surface area contributed by atoms with Gasteiger partial charge in [-0.1, -0.05) is 64.6 Å². The van der Waals surface area contributed by atoms with Gasteiger partial charge in [-0.2, -0.15) is 0 Å². The number of nitrogens with one attached hydrogen (secondary N) is 1. The second-order valence-electron chi connectivity index (χ2n) is 3.09. The highest BCUT2D eigenvalue weighted by molar-refractivity contribution is 6.76. The van der Waals surface area contributed by atoms with Crippen molar-refractivity contribution in [3.05, 3.63) is 40.9 Å². The van der Waals surface area contributed by atoms with E-state index in [1.807, 2.05) is 18.2 Å². The third-order valence-corrected chi connectivity index (χ3v) is 2.53. The molecule has 0 radical (unpaired) electrons. The molecular formula is C11H9Cl4NO. The van der Waals surface area contributed by atoms with E-state index in [4.69, 9.17) is 56.5 Å². The molecule has 0 amide bonds. The second kappa shape index (κ2) is 6.50. The first-order valence-electron chi connectivity index (χ1n) is 4.60. The Morgan fingerprint density at radius 2 is 1.82 bits per heavy atom. The molecule has 0 heterocycles. The molecule has 6 heteroatoms. The summed E-state index contributed by atoms with van der Waals surface area (Å²) in [5.74, 6) is -0.400. The van der Waals surface area contributed by atoms with Crippen molar-refractivity contribution >= 4 is 58.4 Å². The van der Waals surface area contributed by atoms with Gasteiger partial charge in [-0.15, -0.1) is 0 Å². The Morgan fingerprint density at radius 1 is 1.24 bits per heavy atom. The molecule has 0 aliphatic heterocycles. The molecule has 0 atom stereocenters. The third kappa shape index (κ3) is 5.64. The van der Waals surface area contributed by atoms with E-state index in [0.29, 0.717) is 5.02 Å². The summed E-state index contributed by atoms with van der Waals surface area (Å²) in [5.41, 5.74) is 0.971. The standard InChI is InChI=1S/C11H9Cl4NO/c12-9-5-3-8(4-6-9)2-1-7-17-10(16)11(13,14)15/h1-6,16H,7H2/b2-1+,16-10?. The number of hydrogen-bond donors (Lipinski definition) is 1. The van der Waals surface area contributed by atoms with Crippen LogP contribution in [0.5, 0.6) is 0 Å². The highest BCUT2D eigenvalue weighted by atomic mass is 35.6. The van der Waals surface area contributed by atoms with Gasteiger partial charge in [-0.25, -0.2) is 0 Å². The number of alkyl halides is 3. The first-order chi connectivity index (χ1) is 7.89. The quantitative estimate of drug-likeness (QED) is 0.489. The number of benzene rings is 1. The smallest absolute Gasteiger partial charge is 0.265 e. The Kier molecular flexibility index (Phi) is 5.60. The van der Waals surface area contributed by atoms with Crippen LogP contribution >= 0.6 is 46.4 Å². The molecule has 0 saturated heterocycles. The molecule has 0 aliphatic rings. The minimum Gasteiger partial charge on any atom is -0.474 e. The van der Waals surface area contributed by atoms with Gasteiger partial charge >= 0.3 is 0 Å². The van der Waals surface area contributed by atoms with Gasteiger partial charge in [0.1, 0.15) is 6.61 Å². The van der Waals surface area contributed by atoms with Crippen molar-refractivity contribution in [3.8, 4) is 0 Å². The molecule has 2 nitrogen and oxygen atoms in total. The fourth-order valence-electron chi connectivity index (χ4n) is 0.971. The number of halogens is 4. The maximum Gasteiger partial charge on any atom is 0.265 e. The zero-order valence-electron chi connectivity index (χ0n) is 8.59. The molecule has 0 spiro atoms. The lowest BCUT2D eigenvalue weighted by Crippen LogP contribution is -2.21. The van der Waals surface area contributed by atoms with Crippen LogP contribution in [0.4, 0.5) is 0 Å². The molecule has 1 rings (SSSR count). The van der Waals surface area contributed by atoms with E-state index in [1.54, 1.807) is 18.2 Å². The van der Waals surface area contributed by atoms with Gasteiger partial charge in [0.2, 0.25) is 5.90 Å². The van der Waals surface area contributed by atoms with Crippen LogP contribution in [0.25, 0.3) is 6.08 Å². The summed E-state index contributed by atoms with van der Waals surface area (Å²) < 4.78 is 3.12. The van der Waals surface area contributed by atoms with Crippen LogP contribution < -0.4 is 0 Å². The topological polar surface area (TPSA) is 33.1 Å². The Balaban J connectivity index is 2.41. The van der Waals surface area contributed by atoms with Gasteiger partial charge in [0.05, 0.1) is 0 Å². The highest BCUT2D eigenvalue weighted by Gasteiger charge is 2.28. The van der Waals surface area contributed by atoms with Crippen LogP contribution in [0.2, 0.25) is 5.02 Å². The minimum atomic E-state index is -1.81. The van der Waals surface area contributed by atoms with Crippen molar-refractivity contribution in [2.45, 2.75) is 3.79 Å². The van der Waals surface area contributed by atoms with Crippen molar-refractivity contribution < 1.29 is 4.74 Å². The second-order valence-corrected chi connectivity index (χ2v) is 5.81. The van der Waals surface area contributed by atoms with Crippen LogP contribution in [0.3, 0.4) is 0 Å². The molecule has 0 bridgehead atoms. The van der Waals surface area contributed by atoms with Crippen LogP contribution in [0.15, 0.2) is 30.3 Å². The van der Waals surface area contributed by atoms with E-state index in [0.717, 1.165) is 5.56 Å². The maximum atomic E-state index is 7.28. The number of hydrogen-bond acceptors (Lipinski definition) is 2. The summed E-state index contributed by atoms with van der Waals surface area (Å²) >= 11 is 22.1. The number of ether oxygens (including phenoxy) is 1. The SMILES string of the molecule is N=C(OC/C=C/c1ccc(Cl)cc1)C(Cl)(Cl)Cl. The van der Waals surface area contributed by atoms with E-state index in [-0.39, 0.29) is 6.61 Å². The van der Waals surface area contributed by atoms with Gasteiger partial charge in [0.25, 0.3) is 3.79 Å².